The van der Waals surface area contributed by atoms with Crippen molar-refractivity contribution >= 4 is 22.9 Å². The molecule has 0 amide bonds. The van der Waals surface area contributed by atoms with Crippen LogP contribution in [0.3, 0.4) is 0 Å². The average Bonchev–Trinajstić information content (AvgIpc) is 2.51. The van der Waals surface area contributed by atoms with E-state index in [9.17, 15) is 40.0 Å². The second-order valence-electron chi connectivity index (χ2n) is 4.91. The molecule has 2 N–H and O–H groups in total. The Hall–Kier alpha value is -3.82. The number of carbonyl (C=O) groups excluding carboxylic acids is 2. The van der Waals surface area contributed by atoms with Crippen LogP contribution >= 0.6 is 0 Å². The molecular formula is C14H6N2O8. The molecule has 0 saturated carbocycles. The van der Waals surface area contributed by atoms with Gasteiger partial charge in [-0.2, -0.15) is 0 Å². The van der Waals surface area contributed by atoms with Crippen LogP contribution in [0.15, 0.2) is 24.3 Å². The number of carbonyl (C=O) groups is 2. The number of benzene rings is 2. The molecule has 1 aliphatic rings. The number of nitro benzene ring substituents is 2. The standard InChI is InChI=1S/C14H6N2O8/c17-9-2-1-5-11(12(9)16(23)24)14(20)6-3-8(15(21)22)10(18)4-7(6)13(5)19/h1-4,17-18H. The molecule has 0 spiro atoms. The van der Waals surface area contributed by atoms with Crippen LogP contribution in [0.25, 0.3) is 0 Å². The maximum absolute atomic E-state index is 12.5. The van der Waals surface area contributed by atoms with Crippen molar-refractivity contribution in [2.45, 2.75) is 0 Å². The molecule has 0 saturated heterocycles. The Balaban J connectivity index is 2.37. The lowest BCUT2D eigenvalue weighted by molar-refractivity contribution is -0.386. The van der Waals surface area contributed by atoms with Crippen LogP contribution in [0.4, 0.5) is 11.4 Å². The molecular weight excluding hydrogens is 324 g/mol. The van der Waals surface area contributed by atoms with Crippen LogP contribution in [0.1, 0.15) is 31.8 Å². The third-order valence-corrected chi connectivity index (χ3v) is 3.61. The molecule has 10 heteroatoms. The summed E-state index contributed by atoms with van der Waals surface area (Å²) >= 11 is 0. The minimum absolute atomic E-state index is 0.310. The molecule has 0 fully saturated rings. The van der Waals surface area contributed by atoms with Gasteiger partial charge in [0.1, 0.15) is 5.56 Å². The number of nitro groups is 2. The van der Waals surface area contributed by atoms with E-state index in [4.69, 9.17) is 0 Å². The molecule has 2 aromatic carbocycles. The number of phenols is 2. The Kier molecular flexibility index (Phi) is 3.04. The average molecular weight is 330 g/mol. The third kappa shape index (κ3) is 1.90. The Morgan fingerprint density at radius 3 is 2.00 bits per heavy atom. The summed E-state index contributed by atoms with van der Waals surface area (Å²) in [6, 6.07) is 3.40. The molecule has 120 valence electrons. The number of aromatic hydroxyl groups is 2. The number of rotatable bonds is 2. The lowest BCUT2D eigenvalue weighted by Gasteiger charge is -2.17. The van der Waals surface area contributed by atoms with E-state index in [1.54, 1.807) is 0 Å². The van der Waals surface area contributed by atoms with E-state index in [-0.39, 0.29) is 11.1 Å². The summed E-state index contributed by atoms with van der Waals surface area (Å²) in [5.41, 5.74) is -3.50. The second-order valence-corrected chi connectivity index (χ2v) is 4.91. The zero-order valence-corrected chi connectivity index (χ0v) is 11.5. The largest absolute Gasteiger partial charge is 0.502 e. The second kappa shape index (κ2) is 4.84. The van der Waals surface area contributed by atoms with Gasteiger partial charge in [-0.1, -0.05) is 0 Å². The number of fused-ring (bicyclic) bond motifs is 2. The van der Waals surface area contributed by atoms with Gasteiger partial charge in [0.25, 0.3) is 0 Å². The fourth-order valence-electron chi connectivity index (χ4n) is 2.56. The lowest BCUT2D eigenvalue weighted by atomic mass is 9.82. The van der Waals surface area contributed by atoms with E-state index < -0.39 is 55.4 Å². The first-order chi connectivity index (χ1) is 11.2. The van der Waals surface area contributed by atoms with Gasteiger partial charge in [0.05, 0.1) is 9.85 Å². The fourth-order valence-corrected chi connectivity index (χ4v) is 2.56. The van der Waals surface area contributed by atoms with Crippen LogP contribution in [-0.4, -0.2) is 31.6 Å². The van der Waals surface area contributed by atoms with Gasteiger partial charge in [-0.25, -0.2) is 0 Å². The van der Waals surface area contributed by atoms with Gasteiger partial charge in [-0.05, 0) is 18.2 Å². The van der Waals surface area contributed by atoms with Crippen LogP contribution < -0.4 is 0 Å². The third-order valence-electron chi connectivity index (χ3n) is 3.61. The van der Waals surface area contributed by atoms with E-state index in [2.05, 4.69) is 0 Å². The molecule has 10 nitrogen and oxygen atoms in total. The highest BCUT2D eigenvalue weighted by Gasteiger charge is 2.39. The molecule has 3 rings (SSSR count). The van der Waals surface area contributed by atoms with E-state index in [0.29, 0.717) is 6.07 Å². The highest BCUT2D eigenvalue weighted by Crippen LogP contribution is 2.41. The van der Waals surface area contributed by atoms with Gasteiger partial charge >= 0.3 is 11.4 Å². The highest BCUT2D eigenvalue weighted by molar-refractivity contribution is 6.30. The molecule has 0 radical (unpaired) electrons. The maximum atomic E-state index is 12.5. The quantitative estimate of drug-likeness (QED) is 0.530. The highest BCUT2D eigenvalue weighted by atomic mass is 16.6. The van der Waals surface area contributed by atoms with Gasteiger partial charge in [-0.3, -0.25) is 29.8 Å². The van der Waals surface area contributed by atoms with E-state index in [1.165, 1.54) is 0 Å². The molecule has 1 aliphatic carbocycles. The van der Waals surface area contributed by atoms with Crippen LogP contribution in [0, 0.1) is 20.2 Å². The summed E-state index contributed by atoms with van der Waals surface area (Å²) < 4.78 is 0. The van der Waals surface area contributed by atoms with E-state index in [0.717, 1.165) is 18.2 Å². The van der Waals surface area contributed by atoms with Crippen molar-refractivity contribution in [1.29, 1.82) is 0 Å². The minimum atomic E-state index is -1.02. The van der Waals surface area contributed by atoms with Crippen molar-refractivity contribution in [3.05, 3.63) is 66.7 Å². The van der Waals surface area contributed by atoms with Gasteiger partial charge in [0.15, 0.2) is 17.3 Å². The first-order valence-electron chi connectivity index (χ1n) is 6.35. The summed E-state index contributed by atoms with van der Waals surface area (Å²) in [4.78, 5) is 45.0. The zero-order valence-electron chi connectivity index (χ0n) is 11.5. The number of ketones is 2. The molecule has 2 aromatic rings. The van der Waals surface area contributed by atoms with Crippen molar-refractivity contribution in [3.8, 4) is 11.5 Å². The van der Waals surface area contributed by atoms with Crippen molar-refractivity contribution in [2.75, 3.05) is 0 Å². The summed E-state index contributed by atoms with van der Waals surface area (Å²) in [7, 11) is 0. The molecule has 24 heavy (non-hydrogen) atoms. The SMILES string of the molecule is O=C1c2cc(O)c([N+](=O)[O-])cc2C(=O)c2c1ccc(O)c2[N+](=O)[O-]. The van der Waals surface area contributed by atoms with Crippen LogP contribution in [0.5, 0.6) is 11.5 Å². The minimum Gasteiger partial charge on any atom is -0.502 e. The van der Waals surface area contributed by atoms with Crippen molar-refractivity contribution in [2.24, 2.45) is 0 Å². The lowest BCUT2D eigenvalue weighted by Crippen LogP contribution is -2.22. The Labute approximate surface area is 131 Å². The Bertz CT molecular complexity index is 979. The molecule has 0 atom stereocenters. The topological polar surface area (TPSA) is 161 Å². The first-order valence-corrected chi connectivity index (χ1v) is 6.35. The zero-order chi connectivity index (χ0) is 17.8. The van der Waals surface area contributed by atoms with Crippen LogP contribution in [-0.2, 0) is 0 Å². The molecule has 0 bridgehead atoms. The van der Waals surface area contributed by atoms with E-state index in [1.807, 2.05) is 0 Å². The molecule has 0 aromatic heterocycles. The van der Waals surface area contributed by atoms with Crippen LogP contribution in [0.2, 0.25) is 0 Å². The number of hydrogen-bond acceptors (Lipinski definition) is 8. The summed E-state index contributed by atoms with van der Waals surface area (Å²) in [5.74, 6) is -3.47. The Morgan fingerprint density at radius 2 is 1.42 bits per heavy atom. The molecule has 0 unspecified atom stereocenters. The van der Waals surface area contributed by atoms with Crippen molar-refractivity contribution in [1.82, 2.24) is 0 Å². The van der Waals surface area contributed by atoms with Gasteiger partial charge < -0.3 is 10.2 Å². The number of phenolic OH excluding ortho intramolecular Hbond substituents is 2. The smallest absolute Gasteiger partial charge is 0.322 e. The fraction of sp³-hybridized carbons (Fsp3) is 0. The van der Waals surface area contributed by atoms with Crippen molar-refractivity contribution in [3.63, 3.8) is 0 Å². The summed E-state index contributed by atoms with van der Waals surface area (Å²) in [6.45, 7) is 0. The van der Waals surface area contributed by atoms with Crippen molar-refractivity contribution < 1.29 is 29.6 Å². The predicted octanol–water partition coefficient (Wildman–Crippen LogP) is 1.69. The monoisotopic (exact) mass is 330 g/mol. The number of hydrogen-bond donors (Lipinski definition) is 2. The Morgan fingerprint density at radius 1 is 0.792 bits per heavy atom. The first kappa shape index (κ1) is 15.1. The summed E-state index contributed by atoms with van der Waals surface area (Å²) in [5, 5.41) is 41.2. The van der Waals surface area contributed by atoms with Gasteiger partial charge in [0, 0.05) is 22.8 Å². The predicted molar refractivity (Wildman–Crippen MR) is 76.4 cm³/mol. The number of nitrogens with zero attached hydrogens (tertiary/aromatic N) is 2. The van der Waals surface area contributed by atoms with Gasteiger partial charge in [0.2, 0.25) is 5.78 Å². The molecule has 0 aliphatic heterocycles. The maximum Gasteiger partial charge on any atom is 0.322 e. The van der Waals surface area contributed by atoms with Gasteiger partial charge in [-0.15, -0.1) is 0 Å². The van der Waals surface area contributed by atoms with E-state index >= 15 is 0 Å². The molecule has 0 heterocycles. The normalized spacial score (nSPS) is 12.5. The summed E-state index contributed by atoms with van der Waals surface area (Å²) in [6.07, 6.45) is 0.